The second kappa shape index (κ2) is 5.52. The van der Waals surface area contributed by atoms with Crippen LogP contribution < -0.4 is 5.32 Å². The SMILES string of the molecule is CS(=O)CCNC1CSCC(C)(C)C1. The Morgan fingerprint density at radius 2 is 2.29 bits per heavy atom. The maximum atomic E-state index is 10.9. The zero-order valence-electron chi connectivity index (χ0n) is 9.34. The highest BCUT2D eigenvalue weighted by Gasteiger charge is 2.27. The van der Waals surface area contributed by atoms with Crippen LogP contribution in [0.25, 0.3) is 0 Å². The summed E-state index contributed by atoms with van der Waals surface area (Å²) in [6.07, 6.45) is 3.01. The van der Waals surface area contributed by atoms with Gasteiger partial charge < -0.3 is 5.32 Å². The molecule has 1 heterocycles. The van der Waals surface area contributed by atoms with Gasteiger partial charge in [-0.05, 0) is 17.6 Å². The van der Waals surface area contributed by atoms with Crippen LogP contribution in [-0.2, 0) is 10.8 Å². The van der Waals surface area contributed by atoms with Gasteiger partial charge in [0.25, 0.3) is 0 Å². The van der Waals surface area contributed by atoms with Crippen LogP contribution in [0.5, 0.6) is 0 Å². The normalized spacial score (nSPS) is 28.6. The van der Waals surface area contributed by atoms with Crippen molar-refractivity contribution in [3.8, 4) is 0 Å². The zero-order chi connectivity index (χ0) is 10.6. The molecule has 0 aliphatic carbocycles. The molecule has 0 spiro atoms. The first-order chi connectivity index (χ1) is 6.49. The van der Waals surface area contributed by atoms with Crippen molar-refractivity contribution in [2.45, 2.75) is 26.3 Å². The lowest BCUT2D eigenvalue weighted by atomic mass is 9.88. The van der Waals surface area contributed by atoms with Gasteiger partial charge in [-0.15, -0.1) is 0 Å². The highest BCUT2D eigenvalue weighted by atomic mass is 32.2. The topological polar surface area (TPSA) is 29.1 Å². The van der Waals surface area contributed by atoms with E-state index in [0.717, 1.165) is 12.3 Å². The molecule has 2 atom stereocenters. The Morgan fingerprint density at radius 1 is 1.57 bits per heavy atom. The molecule has 1 fully saturated rings. The third-order valence-electron chi connectivity index (χ3n) is 2.43. The van der Waals surface area contributed by atoms with Crippen molar-refractivity contribution < 1.29 is 4.21 Å². The summed E-state index contributed by atoms with van der Waals surface area (Å²) in [5.41, 5.74) is 0.464. The lowest BCUT2D eigenvalue weighted by Gasteiger charge is -2.35. The Morgan fingerprint density at radius 3 is 2.86 bits per heavy atom. The van der Waals surface area contributed by atoms with Crippen LogP contribution in [0.3, 0.4) is 0 Å². The van der Waals surface area contributed by atoms with Gasteiger partial charge in [-0.3, -0.25) is 4.21 Å². The first-order valence-electron chi connectivity index (χ1n) is 5.11. The average Bonchev–Trinajstić information content (AvgIpc) is 2.01. The van der Waals surface area contributed by atoms with Gasteiger partial charge in [-0.25, -0.2) is 0 Å². The third-order valence-corrected chi connectivity index (χ3v) is 4.84. The summed E-state index contributed by atoms with van der Waals surface area (Å²) in [6.45, 7) is 5.54. The first-order valence-corrected chi connectivity index (χ1v) is 7.99. The van der Waals surface area contributed by atoms with E-state index in [2.05, 4.69) is 19.2 Å². The molecule has 1 saturated heterocycles. The van der Waals surface area contributed by atoms with Crippen LogP contribution in [0.2, 0.25) is 0 Å². The fourth-order valence-corrected chi connectivity index (χ4v) is 3.51. The fraction of sp³-hybridized carbons (Fsp3) is 1.00. The van der Waals surface area contributed by atoms with E-state index in [1.54, 1.807) is 6.26 Å². The molecule has 1 aliphatic heterocycles. The number of hydrogen-bond donors (Lipinski definition) is 1. The van der Waals surface area contributed by atoms with Crippen LogP contribution in [0, 0.1) is 5.41 Å². The molecule has 4 heteroatoms. The van der Waals surface area contributed by atoms with Crippen molar-refractivity contribution in [3.63, 3.8) is 0 Å². The second-order valence-electron chi connectivity index (χ2n) is 4.81. The van der Waals surface area contributed by atoms with E-state index in [0.29, 0.717) is 11.5 Å². The van der Waals surface area contributed by atoms with Gasteiger partial charge in [0.05, 0.1) is 0 Å². The van der Waals surface area contributed by atoms with Gasteiger partial charge in [0.1, 0.15) is 0 Å². The molecule has 1 aliphatic rings. The zero-order valence-corrected chi connectivity index (χ0v) is 11.0. The molecule has 1 rings (SSSR count). The van der Waals surface area contributed by atoms with Crippen molar-refractivity contribution >= 4 is 22.6 Å². The molecular formula is C10H21NOS2. The van der Waals surface area contributed by atoms with Crippen LogP contribution >= 0.6 is 11.8 Å². The lowest BCUT2D eigenvalue weighted by Crippen LogP contribution is -2.41. The number of nitrogens with one attached hydrogen (secondary N) is 1. The second-order valence-corrected chi connectivity index (χ2v) is 7.40. The van der Waals surface area contributed by atoms with Crippen molar-refractivity contribution in [3.05, 3.63) is 0 Å². The van der Waals surface area contributed by atoms with E-state index in [1.807, 2.05) is 11.8 Å². The molecule has 2 unspecified atom stereocenters. The Bertz CT molecular complexity index is 206. The summed E-state index contributed by atoms with van der Waals surface area (Å²) >= 11 is 2.03. The van der Waals surface area contributed by atoms with E-state index < -0.39 is 10.8 Å². The van der Waals surface area contributed by atoms with Gasteiger partial charge in [-0.2, -0.15) is 11.8 Å². The van der Waals surface area contributed by atoms with Crippen molar-refractivity contribution in [2.75, 3.05) is 30.1 Å². The summed E-state index contributed by atoms with van der Waals surface area (Å²) in [5, 5.41) is 3.49. The number of rotatable bonds is 4. The quantitative estimate of drug-likeness (QED) is 0.800. The Hall–Kier alpha value is 0.460. The van der Waals surface area contributed by atoms with Crippen molar-refractivity contribution in [1.82, 2.24) is 5.32 Å². The maximum absolute atomic E-state index is 10.9. The summed E-state index contributed by atoms with van der Waals surface area (Å²) in [7, 11) is -0.658. The summed E-state index contributed by atoms with van der Waals surface area (Å²) in [4.78, 5) is 0. The van der Waals surface area contributed by atoms with Crippen LogP contribution in [0.15, 0.2) is 0 Å². The van der Waals surface area contributed by atoms with Gasteiger partial charge in [0, 0.05) is 41.1 Å². The van der Waals surface area contributed by atoms with E-state index >= 15 is 0 Å². The molecule has 0 aromatic carbocycles. The standard InChI is InChI=1S/C10H21NOS2/c1-10(2)6-9(7-13-8-10)11-4-5-14(3)12/h9,11H,4-8H2,1-3H3. The predicted octanol–water partition coefficient (Wildman–Crippen LogP) is 1.49. The minimum absolute atomic E-state index is 0.464. The van der Waals surface area contributed by atoms with Gasteiger partial charge >= 0.3 is 0 Å². The number of thioether (sulfide) groups is 1. The molecule has 0 amide bonds. The Kier molecular flexibility index (Phi) is 4.94. The molecule has 2 nitrogen and oxygen atoms in total. The predicted molar refractivity (Wildman–Crippen MR) is 66.4 cm³/mol. The largest absolute Gasteiger partial charge is 0.312 e. The van der Waals surface area contributed by atoms with Gasteiger partial charge in [-0.1, -0.05) is 13.8 Å². The molecule has 0 saturated carbocycles. The Labute approximate surface area is 94.1 Å². The van der Waals surface area contributed by atoms with Crippen LogP contribution in [0.4, 0.5) is 0 Å². The highest BCUT2D eigenvalue weighted by Crippen LogP contribution is 2.33. The van der Waals surface area contributed by atoms with Gasteiger partial charge in [0.15, 0.2) is 0 Å². The minimum atomic E-state index is -0.658. The molecule has 1 N–H and O–H groups in total. The molecule has 0 aromatic heterocycles. The molecule has 14 heavy (non-hydrogen) atoms. The van der Waals surface area contributed by atoms with Crippen LogP contribution in [-0.4, -0.2) is 40.3 Å². The number of hydrogen-bond acceptors (Lipinski definition) is 3. The molecule has 84 valence electrons. The molecular weight excluding hydrogens is 214 g/mol. The van der Waals surface area contributed by atoms with E-state index in [-0.39, 0.29) is 0 Å². The van der Waals surface area contributed by atoms with Crippen molar-refractivity contribution in [2.24, 2.45) is 5.41 Å². The monoisotopic (exact) mass is 235 g/mol. The molecule has 0 aromatic rings. The van der Waals surface area contributed by atoms with E-state index in [4.69, 9.17) is 0 Å². The molecule has 0 bridgehead atoms. The summed E-state index contributed by atoms with van der Waals surface area (Å²) < 4.78 is 10.9. The van der Waals surface area contributed by atoms with Crippen LogP contribution in [0.1, 0.15) is 20.3 Å². The van der Waals surface area contributed by atoms with E-state index in [9.17, 15) is 4.21 Å². The average molecular weight is 235 g/mol. The maximum Gasteiger partial charge on any atom is 0.0357 e. The first kappa shape index (κ1) is 12.5. The third kappa shape index (κ3) is 4.80. The highest BCUT2D eigenvalue weighted by molar-refractivity contribution is 7.99. The van der Waals surface area contributed by atoms with E-state index in [1.165, 1.54) is 17.9 Å². The van der Waals surface area contributed by atoms with Gasteiger partial charge in [0.2, 0.25) is 0 Å². The smallest absolute Gasteiger partial charge is 0.0357 e. The lowest BCUT2D eigenvalue weighted by molar-refractivity contribution is 0.321. The molecule has 0 radical (unpaired) electrons. The Balaban J connectivity index is 2.21. The summed E-state index contributed by atoms with van der Waals surface area (Å²) in [5.74, 6) is 3.26. The minimum Gasteiger partial charge on any atom is -0.312 e. The summed E-state index contributed by atoms with van der Waals surface area (Å²) in [6, 6.07) is 0.618. The fourth-order valence-electron chi connectivity index (χ4n) is 1.80. The van der Waals surface area contributed by atoms with Crippen molar-refractivity contribution in [1.29, 1.82) is 0 Å².